The Bertz CT molecular complexity index is 644. The van der Waals surface area contributed by atoms with Gasteiger partial charge < -0.3 is 5.11 Å². The first-order valence-electron chi connectivity index (χ1n) is 7.69. The Kier molecular flexibility index (Phi) is 4.36. The van der Waals surface area contributed by atoms with Crippen molar-refractivity contribution in [1.29, 1.82) is 0 Å². The monoisotopic (exact) mass is 290 g/mol. The topological polar surface area (TPSA) is 62.8 Å². The molecule has 6 nitrogen and oxygen atoms in total. The highest BCUT2D eigenvalue weighted by Gasteiger charge is 2.24. The number of nitrogens with zero attached hydrogens (tertiary/aromatic N) is 4. The molecule has 0 atom stereocenters. The minimum atomic E-state index is -0.0821. The first-order chi connectivity index (χ1) is 10.3. The summed E-state index contributed by atoms with van der Waals surface area (Å²) < 4.78 is 3.11. The van der Waals surface area contributed by atoms with Crippen molar-refractivity contribution in [3.8, 4) is 0 Å². The largest absolute Gasteiger partial charge is 0.396 e. The van der Waals surface area contributed by atoms with Gasteiger partial charge in [0.15, 0.2) is 5.65 Å². The Balaban J connectivity index is 1.69. The molecule has 1 aliphatic carbocycles. The van der Waals surface area contributed by atoms with Crippen LogP contribution < -0.4 is 5.69 Å². The molecule has 1 aliphatic rings. The van der Waals surface area contributed by atoms with Gasteiger partial charge in [0.1, 0.15) is 0 Å². The molecular formula is C15H22N4O2. The number of aliphatic hydroxyl groups excluding tert-OH is 1. The lowest BCUT2D eigenvalue weighted by Crippen LogP contribution is -2.43. The maximum atomic E-state index is 12.2. The zero-order valence-corrected chi connectivity index (χ0v) is 12.2. The van der Waals surface area contributed by atoms with Crippen molar-refractivity contribution in [2.24, 2.45) is 0 Å². The molecule has 6 heteroatoms. The van der Waals surface area contributed by atoms with Gasteiger partial charge in [0.05, 0.1) is 6.54 Å². The van der Waals surface area contributed by atoms with Crippen molar-refractivity contribution in [2.45, 2.75) is 38.3 Å². The minimum Gasteiger partial charge on any atom is -0.396 e. The number of hydrogen-bond acceptors (Lipinski definition) is 4. The molecule has 114 valence electrons. The highest BCUT2D eigenvalue weighted by Crippen LogP contribution is 2.24. The van der Waals surface area contributed by atoms with Gasteiger partial charge in [-0.3, -0.25) is 9.30 Å². The predicted octanol–water partition coefficient (Wildman–Crippen LogP) is 0.733. The van der Waals surface area contributed by atoms with E-state index in [-0.39, 0.29) is 12.3 Å². The minimum absolute atomic E-state index is 0.0821. The SMILES string of the molecule is O=c1n(CCN(CCCO)C2CCC2)nc2ccccn12. The zero-order valence-electron chi connectivity index (χ0n) is 12.2. The van der Waals surface area contributed by atoms with Crippen LogP contribution in [0.15, 0.2) is 29.2 Å². The number of aromatic nitrogens is 3. The fraction of sp³-hybridized carbons (Fsp3) is 0.600. The summed E-state index contributed by atoms with van der Waals surface area (Å²) in [6.07, 6.45) is 6.28. The van der Waals surface area contributed by atoms with E-state index in [9.17, 15) is 4.79 Å². The standard InChI is InChI=1S/C15H22N4O2/c20-12-4-8-17(13-5-3-6-13)10-11-19-15(21)18-9-2-1-7-14(18)16-19/h1-2,7,9,13,20H,3-6,8,10-12H2. The second kappa shape index (κ2) is 6.41. The van der Waals surface area contributed by atoms with E-state index in [2.05, 4.69) is 10.00 Å². The molecule has 0 unspecified atom stereocenters. The van der Waals surface area contributed by atoms with Crippen LogP contribution in [0.4, 0.5) is 0 Å². The van der Waals surface area contributed by atoms with E-state index in [0.29, 0.717) is 18.2 Å². The van der Waals surface area contributed by atoms with Crippen LogP contribution in [-0.2, 0) is 6.54 Å². The van der Waals surface area contributed by atoms with Crippen LogP contribution in [0.1, 0.15) is 25.7 Å². The van der Waals surface area contributed by atoms with Crippen LogP contribution in [0.5, 0.6) is 0 Å². The molecule has 0 spiro atoms. The van der Waals surface area contributed by atoms with Crippen molar-refractivity contribution in [3.05, 3.63) is 34.9 Å². The smallest absolute Gasteiger partial charge is 0.350 e. The Morgan fingerprint density at radius 1 is 1.33 bits per heavy atom. The molecule has 21 heavy (non-hydrogen) atoms. The molecule has 2 heterocycles. The fourth-order valence-electron chi connectivity index (χ4n) is 2.84. The summed E-state index contributed by atoms with van der Waals surface area (Å²) in [5, 5.41) is 13.4. The number of fused-ring (bicyclic) bond motifs is 1. The second-order valence-corrected chi connectivity index (χ2v) is 5.63. The van der Waals surface area contributed by atoms with Crippen molar-refractivity contribution in [3.63, 3.8) is 0 Å². The highest BCUT2D eigenvalue weighted by molar-refractivity contribution is 5.35. The quantitative estimate of drug-likeness (QED) is 0.816. The molecule has 1 saturated carbocycles. The van der Waals surface area contributed by atoms with Crippen LogP contribution >= 0.6 is 0 Å². The summed E-state index contributed by atoms with van der Waals surface area (Å²) in [5.74, 6) is 0. The average Bonchev–Trinajstić information content (AvgIpc) is 2.77. The molecule has 3 rings (SSSR count). The van der Waals surface area contributed by atoms with Crippen LogP contribution in [0.3, 0.4) is 0 Å². The highest BCUT2D eigenvalue weighted by atomic mass is 16.3. The zero-order chi connectivity index (χ0) is 14.7. The third-order valence-corrected chi connectivity index (χ3v) is 4.28. The third-order valence-electron chi connectivity index (χ3n) is 4.28. The van der Waals surface area contributed by atoms with E-state index in [1.807, 2.05) is 18.2 Å². The van der Waals surface area contributed by atoms with Crippen LogP contribution in [0.2, 0.25) is 0 Å². The lowest BCUT2D eigenvalue weighted by molar-refractivity contribution is 0.111. The Hall–Kier alpha value is -1.66. The average molecular weight is 290 g/mol. The summed E-state index contributed by atoms with van der Waals surface area (Å²) in [4.78, 5) is 14.6. The van der Waals surface area contributed by atoms with E-state index in [1.54, 1.807) is 15.3 Å². The molecule has 0 radical (unpaired) electrons. The van der Waals surface area contributed by atoms with E-state index < -0.39 is 0 Å². The number of hydrogen-bond donors (Lipinski definition) is 1. The van der Waals surface area contributed by atoms with Gasteiger partial charge in [-0.25, -0.2) is 9.48 Å². The Morgan fingerprint density at radius 2 is 2.19 bits per heavy atom. The lowest BCUT2D eigenvalue weighted by Gasteiger charge is -2.37. The first-order valence-corrected chi connectivity index (χ1v) is 7.69. The molecule has 0 aromatic carbocycles. The number of aliphatic hydroxyl groups is 1. The van der Waals surface area contributed by atoms with Crippen LogP contribution in [0.25, 0.3) is 5.65 Å². The Labute approximate surface area is 123 Å². The van der Waals surface area contributed by atoms with Crippen molar-refractivity contribution >= 4 is 5.65 Å². The molecule has 1 N–H and O–H groups in total. The second-order valence-electron chi connectivity index (χ2n) is 5.63. The van der Waals surface area contributed by atoms with Gasteiger partial charge in [0.25, 0.3) is 0 Å². The summed E-state index contributed by atoms with van der Waals surface area (Å²) >= 11 is 0. The summed E-state index contributed by atoms with van der Waals surface area (Å²) in [6, 6.07) is 6.17. The van der Waals surface area contributed by atoms with E-state index in [0.717, 1.165) is 19.5 Å². The maximum absolute atomic E-state index is 12.2. The van der Waals surface area contributed by atoms with E-state index in [4.69, 9.17) is 5.11 Å². The van der Waals surface area contributed by atoms with E-state index in [1.165, 1.54) is 19.3 Å². The first kappa shape index (κ1) is 14.3. The molecule has 0 amide bonds. The van der Waals surface area contributed by atoms with Crippen molar-refractivity contribution < 1.29 is 5.11 Å². The van der Waals surface area contributed by atoms with Crippen molar-refractivity contribution in [1.82, 2.24) is 19.1 Å². The van der Waals surface area contributed by atoms with Crippen LogP contribution in [0, 0.1) is 0 Å². The molecule has 0 bridgehead atoms. The van der Waals surface area contributed by atoms with Gasteiger partial charge in [-0.15, -0.1) is 5.10 Å². The normalized spacial score (nSPS) is 15.7. The summed E-state index contributed by atoms with van der Waals surface area (Å²) in [7, 11) is 0. The van der Waals surface area contributed by atoms with Gasteiger partial charge in [-0.05, 0) is 31.4 Å². The van der Waals surface area contributed by atoms with Crippen molar-refractivity contribution in [2.75, 3.05) is 19.7 Å². The van der Waals surface area contributed by atoms with E-state index >= 15 is 0 Å². The molecule has 0 aliphatic heterocycles. The fourth-order valence-corrected chi connectivity index (χ4v) is 2.84. The summed E-state index contributed by atoms with van der Waals surface area (Å²) in [6.45, 7) is 2.53. The van der Waals surface area contributed by atoms with Gasteiger partial charge in [-0.1, -0.05) is 12.5 Å². The van der Waals surface area contributed by atoms with Gasteiger partial charge in [-0.2, -0.15) is 0 Å². The summed E-state index contributed by atoms with van der Waals surface area (Å²) in [5.41, 5.74) is 0.606. The van der Waals surface area contributed by atoms with Gasteiger partial charge >= 0.3 is 5.69 Å². The van der Waals surface area contributed by atoms with Crippen LogP contribution in [-0.4, -0.2) is 49.9 Å². The predicted molar refractivity (Wildman–Crippen MR) is 80.4 cm³/mol. The molecule has 1 fully saturated rings. The maximum Gasteiger partial charge on any atom is 0.350 e. The molecular weight excluding hydrogens is 268 g/mol. The number of rotatable bonds is 7. The lowest BCUT2D eigenvalue weighted by atomic mass is 9.91. The molecule has 0 saturated heterocycles. The van der Waals surface area contributed by atoms with Gasteiger partial charge in [0.2, 0.25) is 0 Å². The van der Waals surface area contributed by atoms with Gasteiger partial charge in [0, 0.05) is 31.9 Å². The Morgan fingerprint density at radius 3 is 2.86 bits per heavy atom. The molecule has 2 aromatic rings. The number of pyridine rings is 1. The third kappa shape index (κ3) is 3.01. The molecule has 2 aromatic heterocycles.